The number of fused-ring (bicyclic) bond motifs is 1. The van der Waals surface area contributed by atoms with Crippen LogP contribution < -0.4 is 0 Å². The molecule has 0 bridgehead atoms. The van der Waals surface area contributed by atoms with Crippen molar-refractivity contribution in [3.8, 4) is 6.07 Å². The summed E-state index contributed by atoms with van der Waals surface area (Å²) in [4.78, 5) is 22.3. The number of piperidine rings is 1. The molecule has 0 saturated carbocycles. The molecule has 3 heterocycles. The molecule has 2 aromatic heterocycles. The molecule has 0 aliphatic carbocycles. The maximum atomic E-state index is 11.0. The van der Waals surface area contributed by atoms with Crippen molar-refractivity contribution in [1.29, 1.82) is 0 Å². The van der Waals surface area contributed by atoms with Gasteiger partial charge in [-0.05, 0) is 54.2 Å². The summed E-state index contributed by atoms with van der Waals surface area (Å²) in [7, 11) is 0. The third-order valence-electron chi connectivity index (χ3n) is 5.71. The van der Waals surface area contributed by atoms with Gasteiger partial charge in [0.25, 0.3) is 6.07 Å². The third kappa shape index (κ3) is 4.15. The van der Waals surface area contributed by atoms with Crippen molar-refractivity contribution in [1.82, 2.24) is 14.5 Å². The number of benzene rings is 1. The van der Waals surface area contributed by atoms with Crippen LogP contribution in [0.2, 0.25) is 0 Å². The maximum Gasteiger partial charge on any atom is 0.335 e. The Bertz CT molecular complexity index is 1070. The Hall–Kier alpha value is -3.17. The highest BCUT2D eigenvalue weighted by molar-refractivity contribution is 5.87. The van der Waals surface area contributed by atoms with Gasteiger partial charge in [-0.1, -0.05) is 17.0 Å². The Morgan fingerprint density at radius 1 is 1.21 bits per heavy atom. The number of hydrogen-bond acceptors (Lipinski definition) is 3. The summed E-state index contributed by atoms with van der Waals surface area (Å²) in [5.41, 5.74) is 3.72. The molecule has 1 aliphatic rings. The topological polar surface area (TPSA) is 62.7 Å². The van der Waals surface area contributed by atoms with Crippen LogP contribution in [0, 0.1) is 6.07 Å². The normalized spacial score (nSPS) is 15.2. The highest BCUT2D eigenvalue weighted by atomic mass is 16.4. The molecule has 3 aromatic rings. The summed E-state index contributed by atoms with van der Waals surface area (Å²) in [5.74, 6) is -0.364. The van der Waals surface area contributed by atoms with Crippen LogP contribution in [0.15, 0.2) is 48.8 Å². The van der Waals surface area contributed by atoms with Crippen molar-refractivity contribution < 1.29 is 9.90 Å². The number of hydrogen-bond donors (Lipinski definition) is 1. The number of aromatic carboxylic acids is 1. The van der Waals surface area contributed by atoms with Gasteiger partial charge in [0.2, 0.25) is 0 Å². The second-order valence-corrected chi connectivity index (χ2v) is 7.50. The zero-order chi connectivity index (χ0) is 20.2. The smallest absolute Gasteiger partial charge is 0.335 e. The van der Waals surface area contributed by atoms with Gasteiger partial charge in [-0.3, -0.25) is 0 Å². The summed E-state index contributed by atoms with van der Waals surface area (Å²) < 4.78 is 2.13. The molecule has 1 fully saturated rings. The zero-order valence-electron chi connectivity index (χ0n) is 16.6. The monoisotopic (exact) mass is 389 g/mol. The van der Waals surface area contributed by atoms with E-state index >= 15 is 0 Å². The standard InChI is InChI=1S/C23H24N4O2/c1-2-24-16-26-12-8-18(9-13-26)20-7-11-25-22-21(20)10-14-27(22)15-17-3-5-19(6-4-17)23(28)29/h3-7,10-11,14,18H,8-9,12-13,15-16H2,1H3/p+1. The molecule has 0 atom stereocenters. The van der Waals surface area contributed by atoms with E-state index in [1.165, 1.54) is 10.9 Å². The molecule has 4 rings (SSSR count). The van der Waals surface area contributed by atoms with Crippen LogP contribution in [0.3, 0.4) is 0 Å². The Morgan fingerprint density at radius 2 is 1.97 bits per heavy atom. The van der Waals surface area contributed by atoms with E-state index in [0.29, 0.717) is 18.0 Å². The molecule has 1 aromatic carbocycles. The van der Waals surface area contributed by atoms with Gasteiger partial charge in [0.1, 0.15) is 5.65 Å². The fourth-order valence-electron chi connectivity index (χ4n) is 4.10. The van der Waals surface area contributed by atoms with E-state index in [4.69, 9.17) is 5.11 Å². The van der Waals surface area contributed by atoms with Gasteiger partial charge in [0.15, 0.2) is 0 Å². The van der Waals surface area contributed by atoms with Crippen LogP contribution in [0.1, 0.15) is 47.2 Å². The molecule has 6 nitrogen and oxygen atoms in total. The van der Waals surface area contributed by atoms with Gasteiger partial charge in [-0.15, -0.1) is 0 Å². The lowest BCUT2D eigenvalue weighted by molar-refractivity contribution is 0.0697. The molecule has 0 radical (unpaired) electrons. The zero-order valence-corrected chi connectivity index (χ0v) is 16.6. The van der Waals surface area contributed by atoms with Crippen molar-refractivity contribution in [2.45, 2.75) is 32.2 Å². The Labute approximate surface area is 170 Å². The Morgan fingerprint density at radius 3 is 2.66 bits per heavy atom. The van der Waals surface area contributed by atoms with Crippen LogP contribution in [-0.4, -0.2) is 45.3 Å². The number of carbonyl (C=O) groups is 1. The first-order valence-electron chi connectivity index (χ1n) is 9.97. The first-order valence-corrected chi connectivity index (χ1v) is 9.97. The number of pyridine rings is 1. The van der Waals surface area contributed by atoms with Gasteiger partial charge in [-0.25, -0.2) is 14.7 Å². The molecular formula is C23H25N4O2+. The maximum absolute atomic E-state index is 11.0. The number of rotatable bonds is 5. The Kier molecular flexibility index (Phi) is 5.59. The Balaban J connectivity index is 1.52. The molecular weight excluding hydrogens is 364 g/mol. The van der Waals surface area contributed by atoms with E-state index < -0.39 is 5.97 Å². The van der Waals surface area contributed by atoms with Crippen molar-refractivity contribution >= 4 is 17.0 Å². The highest BCUT2D eigenvalue weighted by Gasteiger charge is 2.24. The van der Waals surface area contributed by atoms with Crippen LogP contribution in [0.25, 0.3) is 15.9 Å². The highest BCUT2D eigenvalue weighted by Crippen LogP contribution is 2.33. The lowest BCUT2D eigenvalue weighted by Gasteiger charge is -2.28. The van der Waals surface area contributed by atoms with Gasteiger partial charge < -0.3 is 9.67 Å². The number of nitrogens with zero attached hydrogens (tertiary/aromatic N) is 4. The molecule has 1 aliphatic heterocycles. The second kappa shape index (κ2) is 8.46. The van der Waals surface area contributed by atoms with E-state index in [1.807, 2.05) is 25.3 Å². The lowest BCUT2D eigenvalue weighted by atomic mass is 9.88. The van der Waals surface area contributed by atoms with Crippen LogP contribution in [-0.2, 0) is 6.54 Å². The predicted molar refractivity (Wildman–Crippen MR) is 114 cm³/mol. The summed E-state index contributed by atoms with van der Waals surface area (Å²) in [6, 6.07) is 14.2. The van der Waals surface area contributed by atoms with E-state index in [-0.39, 0.29) is 0 Å². The quantitative estimate of drug-likeness (QED) is 0.708. The van der Waals surface area contributed by atoms with Crippen LogP contribution in [0.4, 0.5) is 0 Å². The average molecular weight is 389 g/mol. The van der Waals surface area contributed by atoms with Crippen LogP contribution in [0.5, 0.6) is 0 Å². The van der Waals surface area contributed by atoms with E-state index in [1.54, 1.807) is 12.1 Å². The molecule has 1 N–H and O–H groups in total. The molecule has 0 amide bonds. The molecule has 29 heavy (non-hydrogen) atoms. The van der Waals surface area contributed by atoms with Crippen molar-refractivity contribution in [2.24, 2.45) is 0 Å². The predicted octanol–water partition coefficient (Wildman–Crippen LogP) is 4.27. The number of aromatic nitrogens is 2. The number of carboxylic acids is 1. The van der Waals surface area contributed by atoms with E-state index in [2.05, 4.69) is 43.7 Å². The van der Waals surface area contributed by atoms with E-state index in [0.717, 1.165) is 43.8 Å². The largest absolute Gasteiger partial charge is 0.478 e. The average Bonchev–Trinajstić information content (AvgIpc) is 3.16. The van der Waals surface area contributed by atoms with Gasteiger partial charge in [-0.2, -0.15) is 0 Å². The summed E-state index contributed by atoms with van der Waals surface area (Å²) in [5, 5.41) is 10.3. The first kappa shape index (κ1) is 19.2. The molecule has 0 spiro atoms. The summed E-state index contributed by atoms with van der Waals surface area (Å²) in [6.07, 6.45) is 6.23. The van der Waals surface area contributed by atoms with Crippen molar-refractivity contribution in [3.05, 3.63) is 70.3 Å². The first-order chi connectivity index (χ1) is 14.2. The molecule has 148 valence electrons. The van der Waals surface area contributed by atoms with Gasteiger partial charge >= 0.3 is 12.6 Å². The number of likely N-dealkylation sites (tertiary alicyclic amines) is 1. The van der Waals surface area contributed by atoms with E-state index in [9.17, 15) is 4.79 Å². The summed E-state index contributed by atoms with van der Waals surface area (Å²) in [6.45, 7) is 5.36. The minimum Gasteiger partial charge on any atom is -0.478 e. The molecule has 0 unspecified atom stereocenters. The fraction of sp³-hybridized carbons (Fsp3) is 0.348. The second-order valence-electron chi connectivity index (χ2n) is 7.50. The lowest BCUT2D eigenvalue weighted by Crippen LogP contribution is -2.32. The summed E-state index contributed by atoms with van der Waals surface area (Å²) >= 11 is 0. The fourth-order valence-corrected chi connectivity index (χ4v) is 4.10. The minimum atomic E-state index is -0.903. The molecule has 6 heteroatoms. The van der Waals surface area contributed by atoms with Gasteiger partial charge in [0.05, 0.1) is 12.5 Å². The van der Waals surface area contributed by atoms with Crippen molar-refractivity contribution in [2.75, 3.05) is 19.8 Å². The van der Waals surface area contributed by atoms with Crippen molar-refractivity contribution in [3.63, 3.8) is 0 Å². The molecule has 1 saturated heterocycles. The van der Waals surface area contributed by atoms with Crippen LogP contribution >= 0.6 is 0 Å². The van der Waals surface area contributed by atoms with Gasteiger partial charge in [0, 0.05) is 37.4 Å². The SMILES string of the molecule is CC#[N+]CN1CCC(c2ccnc3c2ccn3Cc2ccc(C(=O)O)cc2)CC1. The third-order valence-corrected chi connectivity index (χ3v) is 5.71. The minimum absolute atomic E-state index is 0.306. The number of carboxylic acid groups (broad SMARTS) is 1.